The SMILES string of the molecule is O=C(O)c1ccc(C(=O)NCCS)cc1. The largest absolute Gasteiger partial charge is 0.478 e. The second-order valence-corrected chi connectivity index (χ2v) is 3.31. The number of thiol groups is 1. The Labute approximate surface area is 92.7 Å². The number of amides is 1. The second-order valence-electron chi connectivity index (χ2n) is 2.86. The molecule has 0 aliphatic carbocycles. The summed E-state index contributed by atoms with van der Waals surface area (Å²) in [6.07, 6.45) is 0. The molecule has 1 rings (SSSR count). The van der Waals surface area contributed by atoms with Crippen molar-refractivity contribution in [3.63, 3.8) is 0 Å². The average molecular weight is 225 g/mol. The van der Waals surface area contributed by atoms with E-state index in [9.17, 15) is 9.59 Å². The van der Waals surface area contributed by atoms with Gasteiger partial charge in [0.1, 0.15) is 0 Å². The van der Waals surface area contributed by atoms with Gasteiger partial charge in [-0.3, -0.25) is 4.79 Å². The van der Waals surface area contributed by atoms with Gasteiger partial charge in [-0.1, -0.05) is 0 Å². The molecule has 0 spiro atoms. The molecule has 1 aromatic carbocycles. The molecule has 80 valence electrons. The first-order valence-electron chi connectivity index (χ1n) is 4.37. The van der Waals surface area contributed by atoms with Crippen LogP contribution in [0, 0.1) is 0 Å². The van der Waals surface area contributed by atoms with Crippen LogP contribution in [0.3, 0.4) is 0 Å². The first-order valence-corrected chi connectivity index (χ1v) is 5.01. The highest BCUT2D eigenvalue weighted by atomic mass is 32.1. The van der Waals surface area contributed by atoms with Gasteiger partial charge < -0.3 is 10.4 Å². The van der Waals surface area contributed by atoms with Crippen LogP contribution < -0.4 is 5.32 Å². The predicted octanol–water partition coefficient (Wildman–Crippen LogP) is 1.04. The van der Waals surface area contributed by atoms with Gasteiger partial charge in [0.25, 0.3) is 5.91 Å². The van der Waals surface area contributed by atoms with E-state index in [0.717, 1.165) is 0 Å². The zero-order chi connectivity index (χ0) is 11.3. The molecular weight excluding hydrogens is 214 g/mol. The number of nitrogens with one attached hydrogen (secondary N) is 1. The molecule has 0 aliphatic heterocycles. The molecule has 0 fully saturated rings. The highest BCUT2D eigenvalue weighted by molar-refractivity contribution is 7.80. The van der Waals surface area contributed by atoms with Crippen LogP contribution >= 0.6 is 12.6 Å². The van der Waals surface area contributed by atoms with Crippen LogP contribution in [-0.2, 0) is 0 Å². The molecule has 4 nitrogen and oxygen atoms in total. The fourth-order valence-corrected chi connectivity index (χ4v) is 1.15. The van der Waals surface area contributed by atoms with Crippen LogP contribution in [0.2, 0.25) is 0 Å². The van der Waals surface area contributed by atoms with E-state index in [4.69, 9.17) is 5.11 Å². The highest BCUT2D eigenvalue weighted by Crippen LogP contribution is 2.04. The molecule has 0 atom stereocenters. The van der Waals surface area contributed by atoms with E-state index >= 15 is 0 Å². The van der Waals surface area contributed by atoms with Crippen LogP contribution in [0.25, 0.3) is 0 Å². The van der Waals surface area contributed by atoms with Crippen molar-refractivity contribution < 1.29 is 14.7 Å². The Morgan fingerprint density at radius 2 is 1.73 bits per heavy atom. The van der Waals surface area contributed by atoms with Gasteiger partial charge in [-0.15, -0.1) is 0 Å². The molecule has 0 saturated carbocycles. The van der Waals surface area contributed by atoms with Gasteiger partial charge in [-0.2, -0.15) is 12.6 Å². The monoisotopic (exact) mass is 225 g/mol. The molecular formula is C10H11NO3S. The summed E-state index contributed by atoms with van der Waals surface area (Å²) in [6, 6.07) is 5.77. The maximum Gasteiger partial charge on any atom is 0.335 e. The fraction of sp³-hybridized carbons (Fsp3) is 0.200. The Hall–Kier alpha value is -1.49. The summed E-state index contributed by atoms with van der Waals surface area (Å²) in [7, 11) is 0. The number of hydrogen-bond donors (Lipinski definition) is 3. The van der Waals surface area contributed by atoms with Gasteiger partial charge in [-0.05, 0) is 24.3 Å². The van der Waals surface area contributed by atoms with E-state index in [2.05, 4.69) is 17.9 Å². The number of carbonyl (C=O) groups is 2. The molecule has 15 heavy (non-hydrogen) atoms. The van der Waals surface area contributed by atoms with Crippen molar-refractivity contribution >= 4 is 24.5 Å². The topological polar surface area (TPSA) is 66.4 Å². The second kappa shape index (κ2) is 5.41. The standard InChI is InChI=1S/C10H11NO3S/c12-9(11-5-6-15)7-1-3-8(4-2-7)10(13)14/h1-4,15H,5-6H2,(H,11,12)(H,13,14). The molecule has 1 aromatic rings. The Kier molecular flexibility index (Phi) is 4.17. The molecule has 5 heteroatoms. The third kappa shape index (κ3) is 3.28. The number of carboxylic acid groups (broad SMARTS) is 1. The summed E-state index contributed by atoms with van der Waals surface area (Å²) in [6.45, 7) is 0.489. The lowest BCUT2D eigenvalue weighted by Crippen LogP contribution is -2.25. The van der Waals surface area contributed by atoms with Gasteiger partial charge in [-0.25, -0.2) is 4.79 Å². The van der Waals surface area contributed by atoms with E-state index in [1.54, 1.807) is 0 Å². The minimum atomic E-state index is -1.00. The summed E-state index contributed by atoms with van der Waals surface area (Å²) < 4.78 is 0. The number of carboxylic acids is 1. The number of carbonyl (C=O) groups excluding carboxylic acids is 1. The lowest BCUT2D eigenvalue weighted by Gasteiger charge is -2.03. The molecule has 0 unspecified atom stereocenters. The summed E-state index contributed by atoms with van der Waals surface area (Å²) in [5.74, 6) is -0.655. The highest BCUT2D eigenvalue weighted by Gasteiger charge is 2.06. The predicted molar refractivity (Wildman–Crippen MR) is 59.6 cm³/mol. The summed E-state index contributed by atoms with van der Waals surface area (Å²) in [5, 5.41) is 11.3. The Balaban J connectivity index is 2.71. The minimum Gasteiger partial charge on any atom is -0.478 e. The van der Waals surface area contributed by atoms with Crippen molar-refractivity contribution in [3.8, 4) is 0 Å². The lowest BCUT2D eigenvalue weighted by molar-refractivity contribution is 0.0696. The van der Waals surface area contributed by atoms with Crippen LogP contribution in [0.4, 0.5) is 0 Å². The first kappa shape index (κ1) is 11.6. The third-order valence-electron chi connectivity index (χ3n) is 1.79. The molecule has 0 aliphatic rings. The van der Waals surface area contributed by atoms with E-state index in [0.29, 0.717) is 17.9 Å². The van der Waals surface area contributed by atoms with E-state index in [1.807, 2.05) is 0 Å². The maximum atomic E-state index is 11.4. The van der Waals surface area contributed by atoms with Crippen LogP contribution in [-0.4, -0.2) is 29.3 Å². The number of aromatic carboxylic acids is 1. The molecule has 0 aromatic heterocycles. The van der Waals surface area contributed by atoms with Gasteiger partial charge in [0.15, 0.2) is 0 Å². The molecule has 1 amide bonds. The molecule has 0 heterocycles. The van der Waals surface area contributed by atoms with Crippen molar-refractivity contribution in [2.24, 2.45) is 0 Å². The lowest BCUT2D eigenvalue weighted by atomic mass is 10.1. The molecule has 0 bridgehead atoms. The maximum absolute atomic E-state index is 11.4. The van der Waals surface area contributed by atoms with Gasteiger partial charge in [0.05, 0.1) is 5.56 Å². The van der Waals surface area contributed by atoms with Crippen LogP contribution in [0.1, 0.15) is 20.7 Å². The smallest absolute Gasteiger partial charge is 0.335 e. The number of hydrogen-bond acceptors (Lipinski definition) is 3. The Bertz CT molecular complexity index is 361. The van der Waals surface area contributed by atoms with E-state index in [1.165, 1.54) is 24.3 Å². The van der Waals surface area contributed by atoms with Gasteiger partial charge in [0, 0.05) is 17.9 Å². The van der Waals surface area contributed by atoms with Gasteiger partial charge in [0.2, 0.25) is 0 Å². The van der Waals surface area contributed by atoms with Crippen molar-refractivity contribution in [3.05, 3.63) is 35.4 Å². The van der Waals surface area contributed by atoms with Crippen LogP contribution in [0.5, 0.6) is 0 Å². The number of rotatable bonds is 4. The zero-order valence-corrected chi connectivity index (χ0v) is 8.83. The molecule has 0 radical (unpaired) electrons. The Morgan fingerprint density at radius 1 is 1.20 bits per heavy atom. The molecule has 0 saturated heterocycles. The summed E-state index contributed by atoms with van der Waals surface area (Å²) in [4.78, 5) is 21.9. The first-order chi connectivity index (χ1) is 7.15. The van der Waals surface area contributed by atoms with Gasteiger partial charge >= 0.3 is 5.97 Å². The quantitative estimate of drug-likeness (QED) is 0.671. The third-order valence-corrected chi connectivity index (χ3v) is 2.02. The average Bonchev–Trinajstić information content (AvgIpc) is 2.26. The summed E-state index contributed by atoms with van der Waals surface area (Å²) in [5.41, 5.74) is 0.613. The van der Waals surface area contributed by atoms with E-state index in [-0.39, 0.29) is 11.5 Å². The van der Waals surface area contributed by atoms with E-state index < -0.39 is 5.97 Å². The van der Waals surface area contributed by atoms with Crippen molar-refractivity contribution in [1.29, 1.82) is 0 Å². The fourth-order valence-electron chi connectivity index (χ4n) is 1.04. The van der Waals surface area contributed by atoms with Crippen molar-refractivity contribution in [2.45, 2.75) is 0 Å². The van der Waals surface area contributed by atoms with Crippen molar-refractivity contribution in [2.75, 3.05) is 12.3 Å². The minimum absolute atomic E-state index is 0.167. The molecule has 2 N–H and O–H groups in total. The zero-order valence-electron chi connectivity index (χ0n) is 7.93. The van der Waals surface area contributed by atoms with Crippen molar-refractivity contribution in [1.82, 2.24) is 5.32 Å². The normalized spacial score (nSPS) is 9.67. The van der Waals surface area contributed by atoms with Crippen LogP contribution in [0.15, 0.2) is 24.3 Å². The number of benzene rings is 1. The summed E-state index contributed by atoms with van der Waals surface area (Å²) >= 11 is 3.96. The Morgan fingerprint density at radius 3 is 2.20 bits per heavy atom.